The number of hydrogen-bond donors (Lipinski definition) is 1. The quantitative estimate of drug-likeness (QED) is 0.923. The molecule has 23 heavy (non-hydrogen) atoms. The first-order valence-corrected chi connectivity index (χ1v) is 8.36. The third-order valence-electron chi connectivity index (χ3n) is 4.05. The van der Waals surface area contributed by atoms with Crippen molar-refractivity contribution < 1.29 is 14.1 Å². The molecule has 1 fully saturated rings. The van der Waals surface area contributed by atoms with E-state index in [1.807, 2.05) is 6.92 Å². The largest absolute Gasteiger partial charge is 0.361 e. The van der Waals surface area contributed by atoms with E-state index in [1.54, 1.807) is 23.4 Å². The first-order chi connectivity index (χ1) is 11.1. The van der Waals surface area contributed by atoms with Crippen LogP contribution in [0.1, 0.15) is 29.9 Å². The Hall–Kier alpha value is -2.22. The molecule has 0 aliphatic carbocycles. The van der Waals surface area contributed by atoms with Gasteiger partial charge >= 0.3 is 0 Å². The van der Waals surface area contributed by atoms with Crippen molar-refractivity contribution in [1.29, 1.82) is 0 Å². The fourth-order valence-electron chi connectivity index (χ4n) is 2.82. The lowest BCUT2D eigenvalue weighted by molar-refractivity contribution is -0.136. The fourth-order valence-corrected chi connectivity index (χ4v) is 3.35. The van der Waals surface area contributed by atoms with E-state index < -0.39 is 6.04 Å². The molecule has 3 rings (SSSR count). The summed E-state index contributed by atoms with van der Waals surface area (Å²) in [6.45, 7) is 4.20. The van der Waals surface area contributed by atoms with Crippen molar-refractivity contribution in [2.45, 2.75) is 39.2 Å². The third kappa shape index (κ3) is 3.26. The number of rotatable bonds is 4. The molecular formula is C15H18N4O3S. The van der Waals surface area contributed by atoms with Gasteiger partial charge < -0.3 is 14.7 Å². The monoisotopic (exact) mass is 334 g/mol. The molecule has 2 aromatic heterocycles. The molecule has 2 amide bonds. The van der Waals surface area contributed by atoms with E-state index in [4.69, 9.17) is 4.52 Å². The normalized spacial score (nSPS) is 17.5. The number of aryl methyl sites for hydroxylation is 2. The Morgan fingerprint density at radius 2 is 2.30 bits per heavy atom. The van der Waals surface area contributed by atoms with Crippen LogP contribution in [0.2, 0.25) is 0 Å². The summed E-state index contributed by atoms with van der Waals surface area (Å²) in [5.74, 6) is 0.402. The number of amides is 2. The van der Waals surface area contributed by atoms with Crippen molar-refractivity contribution in [1.82, 2.24) is 15.0 Å². The molecule has 7 nitrogen and oxygen atoms in total. The Labute approximate surface area is 137 Å². The number of thiazole rings is 1. The third-order valence-corrected chi connectivity index (χ3v) is 4.74. The lowest BCUT2D eigenvalue weighted by Crippen LogP contribution is -2.43. The Kier molecular flexibility index (Phi) is 4.42. The first kappa shape index (κ1) is 15.7. The van der Waals surface area contributed by atoms with Crippen molar-refractivity contribution >= 4 is 28.3 Å². The maximum Gasteiger partial charge on any atom is 0.248 e. The SMILES string of the molecule is Cc1noc(C)c1CC(=O)N1CCC[C@@H]1C(=O)Nc1nccs1. The van der Waals surface area contributed by atoms with Gasteiger partial charge in [-0.05, 0) is 26.7 Å². The van der Waals surface area contributed by atoms with E-state index in [2.05, 4.69) is 15.5 Å². The van der Waals surface area contributed by atoms with Crippen molar-refractivity contribution in [2.24, 2.45) is 0 Å². The van der Waals surface area contributed by atoms with Crippen LogP contribution in [-0.2, 0) is 16.0 Å². The molecule has 0 bridgehead atoms. The van der Waals surface area contributed by atoms with Crippen LogP contribution < -0.4 is 5.32 Å². The van der Waals surface area contributed by atoms with E-state index in [9.17, 15) is 9.59 Å². The lowest BCUT2D eigenvalue weighted by atomic mass is 10.1. The van der Waals surface area contributed by atoms with Crippen LogP contribution in [-0.4, -0.2) is 39.4 Å². The summed E-state index contributed by atoms with van der Waals surface area (Å²) in [6, 6.07) is -0.438. The van der Waals surface area contributed by atoms with Gasteiger partial charge in [0.25, 0.3) is 0 Å². The number of nitrogens with one attached hydrogen (secondary N) is 1. The van der Waals surface area contributed by atoms with Crippen LogP contribution in [0.3, 0.4) is 0 Å². The number of likely N-dealkylation sites (tertiary alicyclic amines) is 1. The molecule has 0 saturated carbocycles. The highest BCUT2D eigenvalue weighted by Gasteiger charge is 2.34. The minimum Gasteiger partial charge on any atom is -0.361 e. The minimum absolute atomic E-state index is 0.0730. The van der Waals surface area contributed by atoms with Crippen molar-refractivity contribution in [3.8, 4) is 0 Å². The Morgan fingerprint density at radius 3 is 2.96 bits per heavy atom. The van der Waals surface area contributed by atoms with Gasteiger partial charge in [0, 0.05) is 23.7 Å². The molecule has 2 aromatic rings. The predicted octanol–water partition coefficient (Wildman–Crippen LogP) is 1.92. The zero-order valence-corrected chi connectivity index (χ0v) is 13.9. The van der Waals surface area contributed by atoms with Gasteiger partial charge in [0.1, 0.15) is 11.8 Å². The van der Waals surface area contributed by atoms with E-state index in [-0.39, 0.29) is 18.2 Å². The summed E-state index contributed by atoms with van der Waals surface area (Å²) in [6.07, 6.45) is 3.34. The number of anilines is 1. The molecule has 1 aliphatic rings. The predicted molar refractivity (Wildman–Crippen MR) is 85.2 cm³/mol. The lowest BCUT2D eigenvalue weighted by Gasteiger charge is -2.23. The highest BCUT2D eigenvalue weighted by atomic mass is 32.1. The van der Waals surface area contributed by atoms with Gasteiger partial charge in [-0.3, -0.25) is 9.59 Å². The second kappa shape index (κ2) is 6.49. The van der Waals surface area contributed by atoms with Crippen LogP contribution in [0.5, 0.6) is 0 Å². The summed E-state index contributed by atoms with van der Waals surface area (Å²) in [5, 5.41) is 8.99. The van der Waals surface area contributed by atoms with Crippen LogP contribution >= 0.6 is 11.3 Å². The topological polar surface area (TPSA) is 88.3 Å². The van der Waals surface area contributed by atoms with Crippen LogP contribution in [0.25, 0.3) is 0 Å². The van der Waals surface area contributed by atoms with Crippen LogP contribution in [0.4, 0.5) is 5.13 Å². The maximum atomic E-state index is 12.6. The number of carbonyl (C=O) groups excluding carboxylic acids is 2. The molecular weight excluding hydrogens is 316 g/mol. The molecule has 0 unspecified atom stereocenters. The fraction of sp³-hybridized carbons (Fsp3) is 0.467. The van der Waals surface area contributed by atoms with E-state index in [0.29, 0.717) is 23.9 Å². The molecule has 0 radical (unpaired) electrons. The van der Waals surface area contributed by atoms with Crippen LogP contribution in [0.15, 0.2) is 16.1 Å². The Bertz CT molecular complexity index is 691. The molecule has 1 saturated heterocycles. The molecule has 3 heterocycles. The van der Waals surface area contributed by atoms with Crippen LogP contribution in [0, 0.1) is 13.8 Å². The van der Waals surface area contributed by atoms with E-state index in [1.165, 1.54) is 11.3 Å². The van der Waals surface area contributed by atoms with Gasteiger partial charge in [-0.2, -0.15) is 0 Å². The maximum absolute atomic E-state index is 12.6. The molecule has 0 aromatic carbocycles. The van der Waals surface area contributed by atoms with Gasteiger partial charge in [-0.15, -0.1) is 11.3 Å². The summed E-state index contributed by atoms with van der Waals surface area (Å²) >= 11 is 1.36. The minimum atomic E-state index is -0.438. The zero-order valence-electron chi connectivity index (χ0n) is 13.0. The smallest absolute Gasteiger partial charge is 0.248 e. The number of carbonyl (C=O) groups is 2. The highest BCUT2D eigenvalue weighted by molar-refractivity contribution is 7.13. The number of nitrogens with zero attached hydrogens (tertiary/aromatic N) is 3. The molecule has 122 valence electrons. The summed E-state index contributed by atoms with van der Waals surface area (Å²) in [5.41, 5.74) is 1.53. The van der Waals surface area contributed by atoms with Gasteiger partial charge in [-0.25, -0.2) is 4.98 Å². The summed E-state index contributed by atoms with van der Waals surface area (Å²) < 4.78 is 5.10. The summed E-state index contributed by atoms with van der Waals surface area (Å²) in [4.78, 5) is 30.7. The molecule has 0 spiro atoms. The molecule has 8 heteroatoms. The second-order valence-corrected chi connectivity index (χ2v) is 6.45. The Balaban J connectivity index is 1.68. The molecule has 1 aliphatic heterocycles. The average Bonchev–Trinajstić information content (AvgIpc) is 3.24. The van der Waals surface area contributed by atoms with E-state index >= 15 is 0 Å². The van der Waals surface area contributed by atoms with Gasteiger partial charge in [-0.1, -0.05) is 5.16 Å². The van der Waals surface area contributed by atoms with Gasteiger partial charge in [0.05, 0.1) is 12.1 Å². The first-order valence-electron chi connectivity index (χ1n) is 7.48. The van der Waals surface area contributed by atoms with Gasteiger partial charge in [0.15, 0.2) is 5.13 Å². The standard InChI is InChI=1S/C15H18N4O3S/c1-9-11(10(2)22-18-9)8-13(20)19-6-3-4-12(19)14(21)17-15-16-5-7-23-15/h5,7,12H,3-4,6,8H2,1-2H3,(H,16,17,21)/t12-/m1/s1. The average molecular weight is 334 g/mol. The molecule has 1 atom stereocenters. The second-order valence-electron chi connectivity index (χ2n) is 5.55. The Morgan fingerprint density at radius 1 is 1.48 bits per heavy atom. The van der Waals surface area contributed by atoms with Gasteiger partial charge in [0.2, 0.25) is 11.8 Å². The summed E-state index contributed by atoms with van der Waals surface area (Å²) in [7, 11) is 0. The highest BCUT2D eigenvalue weighted by Crippen LogP contribution is 2.22. The number of aromatic nitrogens is 2. The van der Waals surface area contributed by atoms with E-state index in [0.717, 1.165) is 17.7 Å². The van der Waals surface area contributed by atoms with Crippen molar-refractivity contribution in [3.05, 3.63) is 28.6 Å². The van der Waals surface area contributed by atoms with Crippen molar-refractivity contribution in [2.75, 3.05) is 11.9 Å². The van der Waals surface area contributed by atoms with Crippen molar-refractivity contribution in [3.63, 3.8) is 0 Å². The zero-order chi connectivity index (χ0) is 16.4. The number of hydrogen-bond acceptors (Lipinski definition) is 6. The molecule has 1 N–H and O–H groups in total.